The Morgan fingerprint density at radius 3 is 1.35 bits per heavy atom. The molecule has 1 aliphatic heterocycles. The largest absolute Gasteiger partial charge is 0.469 e. The summed E-state index contributed by atoms with van der Waals surface area (Å²) in [6, 6.07) is -9.23. The van der Waals surface area contributed by atoms with Crippen LogP contribution >= 0.6 is 0 Å². The fourth-order valence-corrected chi connectivity index (χ4v) is 8.00. The first-order valence-electron chi connectivity index (χ1n) is 25.6. The molecule has 20 nitrogen and oxygen atoms in total. The molecule has 0 spiro atoms. The molecule has 7 amide bonds. The summed E-state index contributed by atoms with van der Waals surface area (Å²) in [6.45, 7) is 21.9. The van der Waals surface area contributed by atoms with Gasteiger partial charge < -0.3 is 51.4 Å². The van der Waals surface area contributed by atoms with E-state index in [-0.39, 0.29) is 56.3 Å². The Hall–Kier alpha value is -5.30. The fraction of sp³-hybridized carbons (Fsp3) is 0.804. The minimum absolute atomic E-state index is 0.0757. The summed E-state index contributed by atoms with van der Waals surface area (Å²) >= 11 is 0. The number of esters is 3. The quantitative estimate of drug-likeness (QED) is 0.0522. The predicted octanol–water partition coefficient (Wildman–Crippen LogP) is 3.66. The zero-order chi connectivity index (χ0) is 54.1. The number of hydrogen-bond donors (Lipinski definition) is 7. The van der Waals surface area contributed by atoms with Crippen molar-refractivity contribution in [3.05, 3.63) is 0 Å². The number of cyclic esters (lactones) is 1. The van der Waals surface area contributed by atoms with Crippen LogP contribution in [0, 0.1) is 35.5 Å². The Morgan fingerprint density at radius 2 is 0.901 bits per heavy atom. The molecule has 4 unspecified atom stereocenters. The molecule has 8 atom stereocenters. The second-order valence-corrected chi connectivity index (χ2v) is 21.3. The van der Waals surface area contributed by atoms with Crippen molar-refractivity contribution in [2.75, 3.05) is 14.2 Å². The van der Waals surface area contributed by atoms with Crippen molar-refractivity contribution in [3.8, 4) is 0 Å². The number of rotatable bonds is 20. The van der Waals surface area contributed by atoms with E-state index < -0.39 is 132 Å². The molecule has 0 aliphatic carbocycles. The Kier molecular flexibility index (Phi) is 29.3. The number of nitrogens with one attached hydrogen (secondary N) is 7. The second kappa shape index (κ2) is 32.6. The van der Waals surface area contributed by atoms with Gasteiger partial charge in [-0.25, -0.2) is 4.79 Å². The summed E-state index contributed by atoms with van der Waals surface area (Å²) in [6.07, 6.45) is 2.31. The molecule has 7 N–H and O–H groups in total. The van der Waals surface area contributed by atoms with Gasteiger partial charge in [0.15, 0.2) is 0 Å². The van der Waals surface area contributed by atoms with E-state index in [4.69, 9.17) is 14.2 Å². The lowest BCUT2D eigenvalue weighted by molar-refractivity contribution is -0.156. The van der Waals surface area contributed by atoms with Crippen LogP contribution in [0.3, 0.4) is 0 Å². The van der Waals surface area contributed by atoms with Crippen molar-refractivity contribution in [2.24, 2.45) is 35.5 Å². The minimum Gasteiger partial charge on any atom is -0.469 e. The van der Waals surface area contributed by atoms with Crippen LogP contribution in [-0.4, -0.2) is 122 Å². The van der Waals surface area contributed by atoms with Crippen LogP contribution < -0.4 is 37.2 Å². The number of methoxy groups -OCH3 is 2. The number of amides is 7. The van der Waals surface area contributed by atoms with Crippen LogP contribution in [0.1, 0.15) is 167 Å². The van der Waals surface area contributed by atoms with E-state index in [2.05, 4.69) is 51.1 Å². The van der Waals surface area contributed by atoms with Crippen LogP contribution in [0.2, 0.25) is 0 Å². The van der Waals surface area contributed by atoms with Crippen molar-refractivity contribution in [1.29, 1.82) is 0 Å². The molecular formula is C51H89N7O13. The van der Waals surface area contributed by atoms with Gasteiger partial charge in [-0.3, -0.25) is 43.2 Å². The number of hydrogen-bond acceptors (Lipinski definition) is 13. The van der Waals surface area contributed by atoms with E-state index >= 15 is 0 Å². The Morgan fingerprint density at radius 1 is 0.479 bits per heavy atom. The highest BCUT2D eigenvalue weighted by molar-refractivity contribution is 5.98. The van der Waals surface area contributed by atoms with E-state index in [1.165, 1.54) is 7.11 Å². The molecule has 0 aromatic carbocycles. The second-order valence-electron chi connectivity index (χ2n) is 21.3. The average molecular weight is 1010 g/mol. The number of ether oxygens (including phenoxy) is 3. The summed E-state index contributed by atoms with van der Waals surface area (Å²) in [7, 11) is 2.29. The molecule has 0 bridgehead atoms. The van der Waals surface area contributed by atoms with E-state index in [9.17, 15) is 47.9 Å². The van der Waals surface area contributed by atoms with Gasteiger partial charge in [0.05, 0.1) is 27.1 Å². The third-order valence-corrected chi connectivity index (χ3v) is 12.0. The Balaban J connectivity index is 4.03. The Bertz CT molecular complexity index is 1770. The normalized spacial score (nSPS) is 24.3. The van der Waals surface area contributed by atoms with Crippen LogP contribution in [0.4, 0.5) is 0 Å². The van der Waals surface area contributed by atoms with E-state index in [1.54, 1.807) is 27.7 Å². The summed E-state index contributed by atoms with van der Waals surface area (Å²) in [5, 5.41) is 18.8. The zero-order valence-corrected chi connectivity index (χ0v) is 45.1. The maximum Gasteiger partial charge on any atom is 0.329 e. The molecule has 1 fully saturated rings. The van der Waals surface area contributed by atoms with Gasteiger partial charge >= 0.3 is 17.9 Å². The van der Waals surface area contributed by atoms with Crippen molar-refractivity contribution < 1.29 is 62.2 Å². The van der Waals surface area contributed by atoms with E-state index in [1.807, 2.05) is 41.5 Å². The van der Waals surface area contributed by atoms with Gasteiger partial charge in [0, 0.05) is 6.42 Å². The lowest BCUT2D eigenvalue weighted by Gasteiger charge is -2.30. The highest BCUT2D eigenvalue weighted by Gasteiger charge is 2.38. The van der Waals surface area contributed by atoms with Crippen molar-refractivity contribution in [1.82, 2.24) is 37.2 Å². The van der Waals surface area contributed by atoms with Crippen LogP contribution in [0.5, 0.6) is 0 Å². The Labute approximate surface area is 422 Å². The molecule has 0 aromatic heterocycles. The standard InChI is InChI=1S/C51H89N7O13/c1-28(2)19-17-15-16-18-20-34-26-40(59)52-35(21-22-41(60)69-13)45(62)53-36(23-29(3)4)46(63)54-37(24-30(5)6)48(65)57-43(32(9)10)50(67)56-39(27-42(61)70-14)47(64)55-38(25-31(7)8)49(66)58-44(33(11)12)51(68)71-34/h28-39,43-44H,15-27H2,1-14H3,(H,52,59)(H,53,62)(H,54,63)(H,55,64)(H,56,67)(H,57,65)(H,58,66)/t34-,35?,36?,37-,38-,39+,43?,44?/m1/s1. The van der Waals surface area contributed by atoms with E-state index in [0.29, 0.717) is 12.3 Å². The third-order valence-electron chi connectivity index (χ3n) is 12.0. The summed E-state index contributed by atoms with van der Waals surface area (Å²) < 4.78 is 15.7. The maximum absolute atomic E-state index is 14.2. The monoisotopic (exact) mass is 1010 g/mol. The van der Waals surface area contributed by atoms with Gasteiger partial charge in [-0.1, -0.05) is 109 Å². The molecule has 1 aliphatic rings. The predicted molar refractivity (Wildman–Crippen MR) is 266 cm³/mol. The number of carbonyl (C=O) groups excluding carboxylic acids is 10. The summed E-state index contributed by atoms with van der Waals surface area (Å²) in [5.74, 6) is -8.93. The van der Waals surface area contributed by atoms with Gasteiger partial charge in [0.2, 0.25) is 41.4 Å². The van der Waals surface area contributed by atoms with Gasteiger partial charge in [0.1, 0.15) is 48.4 Å². The molecule has 1 rings (SSSR count). The molecule has 0 aromatic rings. The first kappa shape index (κ1) is 63.7. The van der Waals surface area contributed by atoms with Gasteiger partial charge in [-0.15, -0.1) is 0 Å². The molecule has 0 saturated carbocycles. The fourth-order valence-electron chi connectivity index (χ4n) is 8.00. The van der Waals surface area contributed by atoms with Crippen LogP contribution in [-0.2, 0) is 62.2 Å². The average Bonchev–Trinajstić information content (AvgIpc) is 3.26. The van der Waals surface area contributed by atoms with Crippen LogP contribution in [0.25, 0.3) is 0 Å². The molecule has 0 radical (unpaired) electrons. The van der Waals surface area contributed by atoms with Crippen molar-refractivity contribution in [2.45, 2.75) is 215 Å². The lowest BCUT2D eigenvalue weighted by atomic mass is 9.98. The molecular weight excluding hydrogens is 919 g/mol. The first-order chi connectivity index (χ1) is 33.2. The lowest BCUT2D eigenvalue weighted by Crippen LogP contribution is -2.61. The number of unbranched alkanes of at least 4 members (excludes halogenated alkanes) is 3. The molecule has 71 heavy (non-hydrogen) atoms. The molecule has 1 saturated heterocycles. The summed E-state index contributed by atoms with van der Waals surface area (Å²) in [5.41, 5.74) is 0. The topological polar surface area (TPSA) is 283 Å². The SMILES string of the molecule is COC(=O)CCC1NC(=O)C[C@@H](CCCCCCC(C)C)OC(=O)C(C(C)C)NC(=O)[C@@H](CC(C)C)NC(=O)[C@H](CC(=O)OC)NC(=O)C(C(C)C)NC(=O)[C@@H](CC(C)C)NC(=O)C(CC(C)C)NC1=O. The van der Waals surface area contributed by atoms with E-state index in [0.717, 1.165) is 32.8 Å². The smallest absolute Gasteiger partial charge is 0.329 e. The van der Waals surface area contributed by atoms with Gasteiger partial charge in [-0.05, 0) is 74.0 Å². The van der Waals surface area contributed by atoms with Crippen molar-refractivity contribution in [3.63, 3.8) is 0 Å². The first-order valence-corrected chi connectivity index (χ1v) is 25.6. The summed E-state index contributed by atoms with van der Waals surface area (Å²) in [4.78, 5) is 138. The third kappa shape index (κ3) is 25.1. The highest BCUT2D eigenvalue weighted by Crippen LogP contribution is 2.19. The van der Waals surface area contributed by atoms with Gasteiger partial charge in [0.25, 0.3) is 0 Å². The minimum atomic E-state index is -1.59. The maximum atomic E-state index is 14.2. The molecule has 1 heterocycles. The zero-order valence-electron chi connectivity index (χ0n) is 45.1. The molecule has 20 heteroatoms. The highest BCUT2D eigenvalue weighted by atomic mass is 16.5. The molecule has 406 valence electrons. The van der Waals surface area contributed by atoms with Crippen molar-refractivity contribution >= 4 is 59.3 Å². The number of carbonyl (C=O) groups is 10. The van der Waals surface area contributed by atoms with Crippen LogP contribution in [0.15, 0.2) is 0 Å². The van der Waals surface area contributed by atoms with Gasteiger partial charge in [-0.2, -0.15) is 0 Å².